The van der Waals surface area contributed by atoms with E-state index in [1.807, 2.05) is 0 Å². The minimum atomic E-state index is -3.68. The molecule has 120 valence electrons. The Morgan fingerprint density at radius 3 is 1.78 bits per heavy atom. The molecule has 5 heteroatoms. The molecule has 3 nitrogen and oxygen atoms in total. The molecule has 1 unspecified atom stereocenters. The van der Waals surface area contributed by atoms with Crippen LogP contribution in [-0.4, -0.2) is 8.42 Å². The van der Waals surface area contributed by atoms with Gasteiger partial charge >= 0.3 is 0 Å². The molecule has 3 rings (SSSR count). The molecule has 0 heterocycles. The van der Waals surface area contributed by atoms with Crippen LogP contribution in [0.25, 0.3) is 11.1 Å². The lowest BCUT2D eigenvalue weighted by molar-refractivity contribution is 0.597. The smallest absolute Gasteiger partial charge is 0.225 e. The molecular weight excluding hydrogens is 313 g/mol. The number of primary sulfonamides is 1. The van der Waals surface area contributed by atoms with Gasteiger partial charge in [0.05, 0.1) is 4.90 Å². The van der Waals surface area contributed by atoms with Crippen molar-refractivity contribution in [2.24, 2.45) is 11.1 Å². The maximum Gasteiger partial charge on any atom is 0.238 e. The van der Waals surface area contributed by atoms with E-state index in [2.05, 4.69) is 6.92 Å². The standard InChI is InChI=1S/C18H18FNO2S/c1-12-10-17(13-2-6-15(19)7-3-13)18(11-12)14-4-8-16(9-5-14)23(20,21)22/h2-9,12H,10-11H2,1H3,(H2,20,21,22). The van der Waals surface area contributed by atoms with Gasteiger partial charge in [-0.2, -0.15) is 0 Å². The summed E-state index contributed by atoms with van der Waals surface area (Å²) in [6, 6.07) is 13.2. The van der Waals surface area contributed by atoms with Gasteiger partial charge in [0, 0.05) is 0 Å². The molecule has 2 aromatic carbocycles. The summed E-state index contributed by atoms with van der Waals surface area (Å²) in [5.74, 6) is 0.252. The minimum Gasteiger partial charge on any atom is -0.225 e. The van der Waals surface area contributed by atoms with Crippen LogP contribution < -0.4 is 5.14 Å². The second-order valence-electron chi connectivity index (χ2n) is 6.05. The highest BCUT2D eigenvalue weighted by molar-refractivity contribution is 7.89. The number of sulfonamides is 1. The first-order valence-electron chi connectivity index (χ1n) is 7.46. The van der Waals surface area contributed by atoms with E-state index < -0.39 is 10.0 Å². The predicted molar refractivity (Wildman–Crippen MR) is 89.4 cm³/mol. The molecule has 0 aliphatic heterocycles. The van der Waals surface area contributed by atoms with Crippen LogP contribution in [0.5, 0.6) is 0 Å². The Labute approximate surface area is 135 Å². The van der Waals surface area contributed by atoms with Crippen molar-refractivity contribution in [2.75, 3.05) is 0 Å². The monoisotopic (exact) mass is 331 g/mol. The number of rotatable bonds is 3. The van der Waals surface area contributed by atoms with Gasteiger partial charge in [-0.1, -0.05) is 31.2 Å². The molecule has 1 aliphatic rings. The van der Waals surface area contributed by atoms with Crippen molar-refractivity contribution in [3.05, 3.63) is 65.5 Å². The van der Waals surface area contributed by atoms with E-state index in [1.165, 1.54) is 35.4 Å². The average molecular weight is 331 g/mol. The van der Waals surface area contributed by atoms with Crippen molar-refractivity contribution in [3.63, 3.8) is 0 Å². The lowest BCUT2D eigenvalue weighted by Crippen LogP contribution is -2.11. The largest absolute Gasteiger partial charge is 0.238 e. The van der Waals surface area contributed by atoms with Crippen LogP contribution in [0, 0.1) is 11.7 Å². The molecule has 0 bridgehead atoms. The molecule has 23 heavy (non-hydrogen) atoms. The topological polar surface area (TPSA) is 60.2 Å². The fraction of sp³-hybridized carbons (Fsp3) is 0.222. The van der Waals surface area contributed by atoms with Gasteiger partial charge in [-0.15, -0.1) is 0 Å². The highest BCUT2D eigenvalue weighted by Crippen LogP contribution is 2.42. The Morgan fingerprint density at radius 1 is 0.913 bits per heavy atom. The van der Waals surface area contributed by atoms with Gasteiger partial charge in [-0.25, -0.2) is 17.9 Å². The number of allylic oxidation sites excluding steroid dienone is 2. The van der Waals surface area contributed by atoms with Gasteiger partial charge in [-0.05, 0) is 65.3 Å². The fourth-order valence-corrected chi connectivity index (χ4v) is 3.61. The highest BCUT2D eigenvalue weighted by Gasteiger charge is 2.23. The normalized spacial score (nSPS) is 18.5. The van der Waals surface area contributed by atoms with Crippen LogP contribution in [-0.2, 0) is 10.0 Å². The summed E-state index contributed by atoms with van der Waals surface area (Å²) in [6.45, 7) is 2.18. The summed E-state index contributed by atoms with van der Waals surface area (Å²) in [5.41, 5.74) is 4.38. The summed E-state index contributed by atoms with van der Waals surface area (Å²) in [6.07, 6.45) is 1.85. The Balaban J connectivity index is 2.04. The minimum absolute atomic E-state index is 0.108. The van der Waals surface area contributed by atoms with Crippen molar-refractivity contribution >= 4 is 21.2 Å². The average Bonchev–Trinajstić information content (AvgIpc) is 2.89. The fourth-order valence-electron chi connectivity index (χ4n) is 3.10. The maximum absolute atomic E-state index is 13.1. The van der Waals surface area contributed by atoms with Crippen LogP contribution in [0.3, 0.4) is 0 Å². The molecule has 1 aliphatic carbocycles. The zero-order valence-corrected chi connectivity index (χ0v) is 13.6. The summed E-state index contributed by atoms with van der Waals surface area (Å²) in [5, 5.41) is 5.14. The first-order valence-corrected chi connectivity index (χ1v) is 9.00. The molecule has 0 saturated heterocycles. The first kappa shape index (κ1) is 15.9. The van der Waals surface area contributed by atoms with Gasteiger partial charge in [-0.3, -0.25) is 0 Å². The van der Waals surface area contributed by atoms with Gasteiger partial charge in [0.15, 0.2) is 0 Å². The molecule has 0 saturated carbocycles. The molecule has 0 spiro atoms. The van der Waals surface area contributed by atoms with Crippen LogP contribution in [0.2, 0.25) is 0 Å². The Bertz CT molecular complexity index is 853. The number of benzene rings is 2. The van der Waals surface area contributed by atoms with Gasteiger partial charge in [0.1, 0.15) is 5.82 Å². The highest BCUT2D eigenvalue weighted by atomic mass is 32.2. The van der Waals surface area contributed by atoms with E-state index in [0.29, 0.717) is 5.92 Å². The van der Waals surface area contributed by atoms with Crippen molar-refractivity contribution < 1.29 is 12.8 Å². The summed E-state index contributed by atoms with van der Waals surface area (Å²) >= 11 is 0. The molecule has 2 aromatic rings. The van der Waals surface area contributed by atoms with Crippen molar-refractivity contribution in [2.45, 2.75) is 24.7 Å². The van der Waals surface area contributed by atoms with E-state index in [4.69, 9.17) is 5.14 Å². The summed E-state index contributed by atoms with van der Waals surface area (Å²) < 4.78 is 35.9. The molecule has 0 fully saturated rings. The molecule has 0 aromatic heterocycles. The molecule has 1 atom stereocenters. The second-order valence-corrected chi connectivity index (χ2v) is 7.61. The summed E-state index contributed by atoms with van der Waals surface area (Å²) in [4.78, 5) is 0.108. The molecule has 0 radical (unpaired) electrons. The zero-order chi connectivity index (χ0) is 16.6. The SMILES string of the molecule is CC1CC(c2ccc(F)cc2)=C(c2ccc(S(N)(=O)=O)cc2)C1. The number of hydrogen-bond acceptors (Lipinski definition) is 2. The van der Waals surface area contributed by atoms with E-state index >= 15 is 0 Å². The van der Waals surface area contributed by atoms with Crippen LogP contribution >= 0.6 is 0 Å². The van der Waals surface area contributed by atoms with Gasteiger partial charge < -0.3 is 0 Å². The maximum atomic E-state index is 13.1. The Hall–Kier alpha value is -1.98. The number of hydrogen-bond donors (Lipinski definition) is 1. The van der Waals surface area contributed by atoms with Gasteiger partial charge in [0.25, 0.3) is 0 Å². The van der Waals surface area contributed by atoms with Crippen molar-refractivity contribution in [1.82, 2.24) is 0 Å². The zero-order valence-electron chi connectivity index (χ0n) is 12.8. The van der Waals surface area contributed by atoms with E-state index in [9.17, 15) is 12.8 Å². The predicted octanol–water partition coefficient (Wildman–Crippen LogP) is 3.81. The lowest BCUT2D eigenvalue weighted by Gasteiger charge is -2.09. The third kappa shape index (κ3) is 3.35. The van der Waals surface area contributed by atoms with Crippen LogP contribution in [0.1, 0.15) is 30.9 Å². The van der Waals surface area contributed by atoms with E-state index in [0.717, 1.165) is 24.0 Å². The quantitative estimate of drug-likeness (QED) is 0.929. The van der Waals surface area contributed by atoms with Crippen LogP contribution in [0.4, 0.5) is 4.39 Å². The third-order valence-corrected chi connectivity index (χ3v) is 5.12. The Morgan fingerprint density at radius 2 is 1.35 bits per heavy atom. The first-order chi connectivity index (χ1) is 10.8. The molecular formula is C18H18FNO2S. The van der Waals surface area contributed by atoms with E-state index in [-0.39, 0.29) is 10.7 Å². The van der Waals surface area contributed by atoms with Crippen molar-refractivity contribution in [3.8, 4) is 0 Å². The van der Waals surface area contributed by atoms with Gasteiger partial charge in [0.2, 0.25) is 10.0 Å². The Kier molecular flexibility index (Phi) is 4.08. The van der Waals surface area contributed by atoms with E-state index in [1.54, 1.807) is 24.3 Å². The summed E-state index contributed by atoms with van der Waals surface area (Å²) in [7, 11) is -3.68. The molecule has 0 amide bonds. The third-order valence-electron chi connectivity index (χ3n) is 4.19. The number of halogens is 1. The second kappa shape index (κ2) is 5.91. The number of nitrogens with two attached hydrogens (primary N) is 1. The van der Waals surface area contributed by atoms with Crippen LogP contribution in [0.15, 0.2) is 53.4 Å². The lowest BCUT2D eigenvalue weighted by atomic mass is 9.97. The molecule has 2 N–H and O–H groups in total. The van der Waals surface area contributed by atoms with Crippen molar-refractivity contribution in [1.29, 1.82) is 0 Å².